The zero-order valence-corrected chi connectivity index (χ0v) is 16.3. The molecule has 1 aliphatic carbocycles. The Morgan fingerprint density at radius 1 is 0.889 bits per heavy atom. The maximum Gasteiger partial charge on any atom is 0.142 e. The van der Waals surface area contributed by atoms with Gasteiger partial charge in [0.1, 0.15) is 11.6 Å². The lowest BCUT2D eigenvalue weighted by Gasteiger charge is -2.26. The number of halogens is 2. The molecule has 3 rings (SSSR count). The molecule has 0 radical (unpaired) electrons. The zero-order chi connectivity index (χ0) is 19.2. The SMILES string of the molecule is CCCc1cc(F)c(C#CC2CCC(c3ccc(CC)cc3)CC2)c(F)c1. The quantitative estimate of drug-likeness (QED) is 0.522. The van der Waals surface area contributed by atoms with Gasteiger partial charge in [0, 0.05) is 5.92 Å². The van der Waals surface area contributed by atoms with Gasteiger partial charge in [0.2, 0.25) is 0 Å². The summed E-state index contributed by atoms with van der Waals surface area (Å²) in [5, 5.41) is 0. The number of hydrogen-bond acceptors (Lipinski definition) is 0. The van der Waals surface area contributed by atoms with Crippen LogP contribution in [-0.4, -0.2) is 0 Å². The molecule has 1 saturated carbocycles. The molecule has 2 heteroatoms. The van der Waals surface area contributed by atoms with Crippen molar-refractivity contribution >= 4 is 0 Å². The highest BCUT2D eigenvalue weighted by atomic mass is 19.1. The van der Waals surface area contributed by atoms with Crippen molar-refractivity contribution in [1.29, 1.82) is 0 Å². The first-order chi connectivity index (χ1) is 13.1. The largest absolute Gasteiger partial charge is 0.206 e. The minimum atomic E-state index is -0.532. The van der Waals surface area contributed by atoms with E-state index in [1.807, 2.05) is 6.92 Å². The van der Waals surface area contributed by atoms with E-state index in [4.69, 9.17) is 0 Å². The molecule has 0 saturated heterocycles. The van der Waals surface area contributed by atoms with Crippen LogP contribution >= 0.6 is 0 Å². The van der Waals surface area contributed by atoms with E-state index in [0.29, 0.717) is 17.9 Å². The summed E-state index contributed by atoms with van der Waals surface area (Å²) in [6, 6.07) is 11.8. The lowest BCUT2D eigenvalue weighted by Crippen LogP contribution is -2.12. The van der Waals surface area contributed by atoms with E-state index in [-0.39, 0.29) is 11.5 Å². The fraction of sp³-hybridized carbons (Fsp3) is 0.440. The molecule has 0 aromatic heterocycles. The molecule has 0 spiro atoms. The summed E-state index contributed by atoms with van der Waals surface area (Å²) >= 11 is 0. The standard InChI is InChI=1S/C25H28F2/c1-3-5-20-16-24(26)23(25(27)17-20)15-10-19-8-13-22(14-9-19)21-11-6-18(4-2)7-12-21/h6-7,11-12,16-17,19,22H,3-5,8-9,13-14H2,1-2H3. The smallest absolute Gasteiger partial charge is 0.142 e. The molecule has 0 unspecified atom stereocenters. The van der Waals surface area contributed by atoms with Crippen molar-refractivity contribution in [2.24, 2.45) is 5.92 Å². The van der Waals surface area contributed by atoms with Gasteiger partial charge in [-0.15, -0.1) is 0 Å². The van der Waals surface area contributed by atoms with E-state index in [1.54, 1.807) is 0 Å². The topological polar surface area (TPSA) is 0 Å². The van der Waals surface area contributed by atoms with Crippen molar-refractivity contribution in [2.45, 2.75) is 64.7 Å². The maximum atomic E-state index is 14.2. The third kappa shape index (κ3) is 4.98. The maximum absolute atomic E-state index is 14.2. The number of rotatable bonds is 4. The fourth-order valence-corrected chi connectivity index (χ4v) is 3.95. The lowest BCUT2D eigenvalue weighted by atomic mass is 9.79. The molecule has 2 aromatic carbocycles. The molecule has 0 amide bonds. The Labute approximate surface area is 162 Å². The summed E-state index contributed by atoms with van der Waals surface area (Å²) in [4.78, 5) is 0. The van der Waals surface area contributed by atoms with Crippen LogP contribution in [0, 0.1) is 29.4 Å². The normalized spacial score (nSPS) is 19.4. The lowest BCUT2D eigenvalue weighted by molar-refractivity contribution is 0.384. The number of benzene rings is 2. The number of hydrogen-bond donors (Lipinski definition) is 0. The minimum absolute atomic E-state index is 0.0767. The van der Waals surface area contributed by atoms with E-state index in [0.717, 1.165) is 38.5 Å². The van der Waals surface area contributed by atoms with E-state index >= 15 is 0 Å². The van der Waals surface area contributed by atoms with Gasteiger partial charge in [0.05, 0.1) is 5.56 Å². The summed E-state index contributed by atoms with van der Waals surface area (Å²) < 4.78 is 28.4. The first-order valence-corrected chi connectivity index (χ1v) is 10.2. The summed E-state index contributed by atoms with van der Waals surface area (Å²) in [5.74, 6) is 5.66. The third-order valence-electron chi connectivity index (χ3n) is 5.63. The minimum Gasteiger partial charge on any atom is -0.206 e. The first kappa shape index (κ1) is 19.6. The van der Waals surface area contributed by atoms with E-state index in [2.05, 4.69) is 43.0 Å². The van der Waals surface area contributed by atoms with Crippen LogP contribution in [0.1, 0.15) is 74.1 Å². The van der Waals surface area contributed by atoms with Crippen LogP contribution < -0.4 is 0 Å². The molecular weight excluding hydrogens is 338 g/mol. The van der Waals surface area contributed by atoms with Crippen LogP contribution in [0.4, 0.5) is 8.78 Å². The van der Waals surface area contributed by atoms with Crippen LogP contribution in [0.5, 0.6) is 0 Å². The second-order valence-corrected chi connectivity index (χ2v) is 7.60. The van der Waals surface area contributed by atoms with E-state index in [9.17, 15) is 8.78 Å². The van der Waals surface area contributed by atoms with Gasteiger partial charge in [-0.25, -0.2) is 8.78 Å². The summed E-state index contributed by atoms with van der Waals surface area (Å²) in [7, 11) is 0. The number of aryl methyl sites for hydroxylation is 2. The average molecular weight is 366 g/mol. The molecule has 0 bridgehead atoms. The van der Waals surface area contributed by atoms with Crippen molar-refractivity contribution in [3.63, 3.8) is 0 Å². The van der Waals surface area contributed by atoms with Gasteiger partial charge in [-0.2, -0.15) is 0 Å². The van der Waals surface area contributed by atoms with Gasteiger partial charge in [-0.3, -0.25) is 0 Å². The van der Waals surface area contributed by atoms with Crippen molar-refractivity contribution in [3.8, 4) is 11.8 Å². The van der Waals surface area contributed by atoms with Gasteiger partial charge in [-0.05, 0) is 73.3 Å². The van der Waals surface area contributed by atoms with Gasteiger partial charge in [-0.1, -0.05) is 56.4 Å². The second kappa shape index (κ2) is 9.18. The first-order valence-electron chi connectivity index (χ1n) is 10.2. The van der Waals surface area contributed by atoms with Crippen molar-refractivity contribution in [1.82, 2.24) is 0 Å². The zero-order valence-electron chi connectivity index (χ0n) is 16.3. The monoisotopic (exact) mass is 366 g/mol. The highest BCUT2D eigenvalue weighted by Gasteiger charge is 2.21. The molecule has 1 aliphatic rings. The molecule has 0 N–H and O–H groups in total. The summed E-state index contributed by atoms with van der Waals surface area (Å²) in [6.45, 7) is 4.17. The molecule has 0 aliphatic heterocycles. The van der Waals surface area contributed by atoms with Gasteiger partial charge in [0.15, 0.2) is 0 Å². The Kier molecular flexibility index (Phi) is 6.67. The molecule has 142 valence electrons. The third-order valence-corrected chi connectivity index (χ3v) is 5.63. The summed E-state index contributed by atoms with van der Waals surface area (Å²) in [6.07, 6.45) is 6.78. The van der Waals surface area contributed by atoms with Gasteiger partial charge >= 0.3 is 0 Å². The molecular formula is C25H28F2. The average Bonchev–Trinajstić information content (AvgIpc) is 2.68. The fourth-order valence-electron chi connectivity index (χ4n) is 3.95. The molecule has 2 aromatic rings. The Balaban J connectivity index is 1.63. The molecule has 0 atom stereocenters. The van der Waals surface area contributed by atoms with E-state index < -0.39 is 11.6 Å². The highest BCUT2D eigenvalue weighted by Crippen LogP contribution is 2.35. The van der Waals surface area contributed by atoms with Crippen LogP contribution in [0.3, 0.4) is 0 Å². The van der Waals surface area contributed by atoms with Crippen molar-refractivity contribution in [2.75, 3.05) is 0 Å². The predicted molar refractivity (Wildman–Crippen MR) is 108 cm³/mol. The Morgan fingerprint density at radius 2 is 1.52 bits per heavy atom. The predicted octanol–water partition coefficient (Wildman–Crippen LogP) is 6.81. The second-order valence-electron chi connectivity index (χ2n) is 7.60. The molecule has 1 fully saturated rings. The highest BCUT2D eigenvalue weighted by molar-refractivity contribution is 5.39. The Bertz CT molecular complexity index is 793. The van der Waals surface area contributed by atoms with Crippen molar-refractivity contribution in [3.05, 3.63) is 70.3 Å². The van der Waals surface area contributed by atoms with Crippen LogP contribution in [0.2, 0.25) is 0 Å². The molecule has 0 heterocycles. The van der Waals surface area contributed by atoms with Crippen LogP contribution in [-0.2, 0) is 12.8 Å². The Hall–Kier alpha value is -2.14. The van der Waals surface area contributed by atoms with Crippen LogP contribution in [0.25, 0.3) is 0 Å². The summed E-state index contributed by atoms with van der Waals surface area (Å²) in [5.41, 5.74) is 3.40. The van der Waals surface area contributed by atoms with E-state index in [1.165, 1.54) is 23.3 Å². The van der Waals surface area contributed by atoms with Crippen molar-refractivity contribution < 1.29 is 8.78 Å². The van der Waals surface area contributed by atoms with Gasteiger partial charge in [0.25, 0.3) is 0 Å². The van der Waals surface area contributed by atoms with Gasteiger partial charge < -0.3 is 0 Å². The molecule has 27 heavy (non-hydrogen) atoms. The molecule has 0 nitrogen and oxygen atoms in total. The Morgan fingerprint density at radius 3 is 2.07 bits per heavy atom. The van der Waals surface area contributed by atoms with Crippen LogP contribution in [0.15, 0.2) is 36.4 Å².